The topological polar surface area (TPSA) is 55.6 Å². The van der Waals surface area contributed by atoms with E-state index in [1.807, 2.05) is 0 Å². The van der Waals surface area contributed by atoms with Crippen LogP contribution in [0.1, 0.15) is 37.7 Å². The highest BCUT2D eigenvalue weighted by atomic mass is 19.1. The summed E-state index contributed by atoms with van der Waals surface area (Å²) in [6, 6.07) is 6.37. The highest BCUT2D eigenvalue weighted by Gasteiger charge is 2.23. The fraction of sp³-hybridized carbons (Fsp3) is 0.562. The molecule has 0 saturated heterocycles. The number of nitrogens with two attached hydrogens (primary N) is 1. The Kier molecular flexibility index (Phi) is 5.99. The summed E-state index contributed by atoms with van der Waals surface area (Å²) in [5, 5.41) is 0. The first kappa shape index (κ1) is 15.8. The van der Waals surface area contributed by atoms with Crippen LogP contribution in [0.5, 0.6) is 0 Å². The van der Waals surface area contributed by atoms with E-state index in [2.05, 4.69) is 0 Å². The minimum atomic E-state index is -0.392. The van der Waals surface area contributed by atoms with Gasteiger partial charge in [-0.3, -0.25) is 0 Å². The number of hydrogen-bond donors (Lipinski definition) is 1. The smallest absolute Gasteiger partial charge is 0.315 e. The standard InChI is InChI=1S/C16H23FN2O2/c17-15-9-5-4-6-13(15)12-21-11-10-19(16(18)20)14-7-2-1-3-8-14/h4-6,9,14H,1-3,7-8,10-12H2,(H2,18,20). The quantitative estimate of drug-likeness (QED) is 0.820. The van der Waals surface area contributed by atoms with Gasteiger partial charge in [-0.1, -0.05) is 37.5 Å². The zero-order valence-electron chi connectivity index (χ0n) is 12.3. The summed E-state index contributed by atoms with van der Waals surface area (Å²) in [5.74, 6) is -0.267. The number of ether oxygens (including phenoxy) is 1. The van der Waals surface area contributed by atoms with E-state index in [9.17, 15) is 9.18 Å². The van der Waals surface area contributed by atoms with Gasteiger partial charge in [0, 0.05) is 18.2 Å². The van der Waals surface area contributed by atoms with Gasteiger partial charge >= 0.3 is 6.03 Å². The Labute approximate surface area is 125 Å². The molecule has 1 aliphatic carbocycles. The van der Waals surface area contributed by atoms with Gasteiger partial charge in [-0.2, -0.15) is 0 Å². The summed E-state index contributed by atoms with van der Waals surface area (Å²) in [5.41, 5.74) is 5.98. The van der Waals surface area contributed by atoms with Crippen molar-refractivity contribution in [3.8, 4) is 0 Å². The van der Waals surface area contributed by atoms with Crippen molar-refractivity contribution in [3.63, 3.8) is 0 Å². The molecule has 21 heavy (non-hydrogen) atoms. The van der Waals surface area contributed by atoms with Crippen molar-refractivity contribution in [2.75, 3.05) is 13.2 Å². The predicted molar refractivity (Wildman–Crippen MR) is 79.2 cm³/mol. The number of primary amides is 1. The Hall–Kier alpha value is -1.62. The van der Waals surface area contributed by atoms with E-state index in [1.54, 1.807) is 23.1 Å². The number of hydrogen-bond acceptors (Lipinski definition) is 2. The lowest BCUT2D eigenvalue weighted by Crippen LogP contribution is -2.46. The zero-order valence-corrected chi connectivity index (χ0v) is 12.3. The molecule has 2 N–H and O–H groups in total. The lowest BCUT2D eigenvalue weighted by atomic mass is 9.94. The molecule has 2 amide bonds. The number of carbonyl (C=O) groups is 1. The second kappa shape index (κ2) is 7.98. The first-order chi connectivity index (χ1) is 10.2. The Morgan fingerprint density at radius 1 is 1.29 bits per heavy atom. The summed E-state index contributed by atoms with van der Waals surface area (Å²) < 4.78 is 18.9. The van der Waals surface area contributed by atoms with Crippen LogP contribution >= 0.6 is 0 Å². The molecule has 1 aromatic carbocycles. The molecule has 1 saturated carbocycles. The number of benzene rings is 1. The molecular weight excluding hydrogens is 271 g/mol. The zero-order chi connectivity index (χ0) is 15.1. The average molecular weight is 294 g/mol. The molecule has 4 nitrogen and oxygen atoms in total. The summed E-state index contributed by atoms with van der Waals surface area (Å²) in [6.07, 6.45) is 5.54. The molecule has 1 aliphatic rings. The van der Waals surface area contributed by atoms with Gasteiger partial charge in [-0.05, 0) is 18.9 Å². The van der Waals surface area contributed by atoms with Crippen molar-refractivity contribution in [1.82, 2.24) is 4.90 Å². The van der Waals surface area contributed by atoms with Gasteiger partial charge in [-0.25, -0.2) is 9.18 Å². The molecule has 0 unspecified atom stereocenters. The molecule has 0 spiro atoms. The first-order valence-corrected chi connectivity index (χ1v) is 7.55. The maximum absolute atomic E-state index is 13.4. The fourth-order valence-corrected chi connectivity index (χ4v) is 2.83. The minimum Gasteiger partial charge on any atom is -0.375 e. The summed E-state index contributed by atoms with van der Waals surface area (Å²) in [6.45, 7) is 1.05. The molecule has 0 atom stereocenters. The molecule has 5 heteroatoms. The van der Waals surface area contributed by atoms with Crippen molar-refractivity contribution < 1.29 is 13.9 Å². The Morgan fingerprint density at radius 2 is 2.00 bits per heavy atom. The van der Waals surface area contributed by atoms with E-state index >= 15 is 0 Å². The van der Waals surface area contributed by atoms with Gasteiger partial charge in [0.15, 0.2) is 0 Å². The molecule has 0 aromatic heterocycles. The van der Waals surface area contributed by atoms with Crippen molar-refractivity contribution in [3.05, 3.63) is 35.6 Å². The van der Waals surface area contributed by atoms with Gasteiger partial charge in [0.2, 0.25) is 0 Å². The number of nitrogens with zero attached hydrogens (tertiary/aromatic N) is 1. The molecule has 0 aliphatic heterocycles. The molecule has 1 aromatic rings. The number of rotatable bonds is 6. The normalized spacial score (nSPS) is 15.9. The third-order valence-electron chi connectivity index (χ3n) is 3.99. The second-order valence-electron chi connectivity index (χ2n) is 5.47. The lowest BCUT2D eigenvalue weighted by molar-refractivity contribution is 0.0818. The molecule has 0 heterocycles. The molecule has 1 fully saturated rings. The summed E-state index contributed by atoms with van der Waals surface area (Å²) in [4.78, 5) is 13.2. The minimum absolute atomic E-state index is 0.212. The third kappa shape index (κ3) is 4.70. The largest absolute Gasteiger partial charge is 0.375 e. The van der Waals surface area contributed by atoms with Crippen LogP contribution in [0.25, 0.3) is 0 Å². The van der Waals surface area contributed by atoms with Gasteiger partial charge in [0.05, 0.1) is 13.2 Å². The first-order valence-electron chi connectivity index (χ1n) is 7.55. The van der Waals surface area contributed by atoms with Crippen molar-refractivity contribution in [2.24, 2.45) is 5.73 Å². The van der Waals surface area contributed by atoms with Crippen LogP contribution in [0.15, 0.2) is 24.3 Å². The molecular formula is C16H23FN2O2. The maximum atomic E-state index is 13.4. The van der Waals surface area contributed by atoms with Crippen molar-refractivity contribution in [1.29, 1.82) is 0 Å². The molecule has 2 rings (SSSR count). The molecule has 0 bridgehead atoms. The van der Waals surface area contributed by atoms with Crippen LogP contribution in [-0.4, -0.2) is 30.1 Å². The van der Waals surface area contributed by atoms with Crippen LogP contribution in [0.2, 0.25) is 0 Å². The predicted octanol–water partition coefficient (Wildman–Crippen LogP) is 3.06. The third-order valence-corrected chi connectivity index (χ3v) is 3.99. The number of carbonyl (C=O) groups excluding carboxylic acids is 1. The van der Waals surface area contributed by atoms with Gasteiger partial charge in [0.25, 0.3) is 0 Å². The monoisotopic (exact) mass is 294 g/mol. The van der Waals surface area contributed by atoms with Gasteiger partial charge in [0.1, 0.15) is 5.82 Å². The number of halogens is 1. The highest BCUT2D eigenvalue weighted by molar-refractivity contribution is 5.72. The van der Waals surface area contributed by atoms with Gasteiger partial charge in [-0.15, -0.1) is 0 Å². The summed E-state index contributed by atoms with van der Waals surface area (Å²) in [7, 11) is 0. The second-order valence-corrected chi connectivity index (χ2v) is 5.47. The van der Waals surface area contributed by atoms with Crippen LogP contribution in [0, 0.1) is 5.82 Å². The number of urea groups is 1. The van der Waals surface area contributed by atoms with E-state index in [4.69, 9.17) is 10.5 Å². The SMILES string of the molecule is NC(=O)N(CCOCc1ccccc1F)C1CCCCC1. The van der Waals surface area contributed by atoms with E-state index in [1.165, 1.54) is 12.5 Å². The van der Waals surface area contributed by atoms with Crippen molar-refractivity contribution in [2.45, 2.75) is 44.8 Å². The van der Waals surface area contributed by atoms with E-state index in [0.29, 0.717) is 18.7 Å². The van der Waals surface area contributed by atoms with Crippen LogP contribution in [0.3, 0.4) is 0 Å². The van der Waals surface area contributed by atoms with Crippen LogP contribution < -0.4 is 5.73 Å². The highest BCUT2D eigenvalue weighted by Crippen LogP contribution is 2.22. The number of amides is 2. The maximum Gasteiger partial charge on any atom is 0.315 e. The Morgan fingerprint density at radius 3 is 2.67 bits per heavy atom. The Balaban J connectivity index is 1.77. The van der Waals surface area contributed by atoms with Crippen LogP contribution in [0.4, 0.5) is 9.18 Å². The van der Waals surface area contributed by atoms with Crippen LogP contribution in [-0.2, 0) is 11.3 Å². The average Bonchev–Trinajstić information content (AvgIpc) is 2.49. The fourth-order valence-electron chi connectivity index (χ4n) is 2.83. The van der Waals surface area contributed by atoms with E-state index in [-0.39, 0.29) is 18.5 Å². The Bertz CT molecular complexity index is 461. The van der Waals surface area contributed by atoms with Crippen molar-refractivity contribution >= 4 is 6.03 Å². The van der Waals surface area contributed by atoms with E-state index < -0.39 is 6.03 Å². The van der Waals surface area contributed by atoms with Gasteiger partial charge < -0.3 is 15.4 Å². The molecule has 0 radical (unpaired) electrons. The lowest BCUT2D eigenvalue weighted by Gasteiger charge is -2.33. The molecule has 116 valence electrons. The summed E-state index contributed by atoms with van der Waals surface area (Å²) >= 11 is 0. The van der Waals surface area contributed by atoms with E-state index in [0.717, 1.165) is 25.7 Å².